The fraction of sp³-hybridized carbons (Fsp3) is 0.0556. The molecule has 0 amide bonds. The van der Waals surface area contributed by atoms with Gasteiger partial charge in [-0.2, -0.15) is 0 Å². The zero-order valence-corrected chi connectivity index (χ0v) is 13.8. The summed E-state index contributed by atoms with van der Waals surface area (Å²) in [7, 11) is -2.16. The third-order valence-electron chi connectivity index (χ3n) is 3.48. The minimum Gasteiger partial charge on any atom is -0.497 e. The van der Waals surface area contributed by atoms with E-state index in [1.54, 1.807) is 24.4 Å². The molecule has 0 aliphatic rings. The van der Waals surface area contributed by atoms with Crippen LogP contribution in [-0.4, -0.2) is 20.5 Å². The van der Waals surface area contributed by atoms with Crippen LogP contribution in [-0.2, 0) is 10.0 Å². The highest BCUT2D eigenvalue weighted by Gasteiger charge is 2.14. The number of benzene rings is 2. The first kappa shape index (κ1) is 16.0. The van der Waals surface area contributed by atoms with Gasteiger partial charge in [0.2, 0.25) is 0 Å². The van der Waals surface area contributed by atoms with Crippen molar-refractivity contribution in [3.63, 3.8) is 0 Å². The minimum absolute atomic E-state index is 0.150. The molecule has 0 saturated carbocycles. The third kappa shape index (κ3) is 3.55. The minimum atomic E-state index is -3.68. The molecule has 6 heteroatoms. The van der Waals surface area contributed by atoms with E-state index in [2.05, 4.69) is 9.71 Å². The summed E-state index contributed by atoms with van der Waals surface area (Å²) in [5.74, 6) is 0.866. The molecule has 3 aromatic rings. The van der Waals surface area contributed by atoms with Crippen LogP contribution in [0.1, 0.15) is 0 Å². The number of nitrogens with one attached hydrogen (secondary N) is 1. The van der Waals surface area contributed by atoms with E-state index >= 15 is 0 Å². The summed E-state index contributed by atoms with van der Waals surface area (Å²) in [5, 5.41) is 0. The van der Waals surface area contributed by atoms with E-state index in [0.717, 1.165) is 11.1 Å². The largest absolute Gasteiger partial charge is 0.497 e. The van der Waals surface area contributed by atoms with Gasteiger partial charge >= 0.3 is 0 Å². The molecule has 1 N–H and O–H groups in total. The maximum atomic E-state index is 12.4. The Morgan fingerprint density at radius 2 is 1.58 bits per heavy atom. The van der Waals surface area contributed by atoms with Gasteiger partial charge in [0.25, 0.3) is 10.0 Å². The first-order chi connectivity index (χ1) is 11.6. The zero-order valence-electron chi connectivity index (χ0n) is 13.0. The van der Waals surface area contributed by atoms with Gasteiger partial charge in [0.05, 0.1) is 12.0 Å². The van der Waals surface area contributed by atoms with Crippen LogP contribution >= 0.6 is 0 Å². The second-order valence-corrected chi connectivity index (χ2v) is 6.76. The summed E-state index contributed by atoms with van der Waals surface area (Å²) >= 11 is 0. The van der Waals surface area contributed by atoms with Crippen LogP contribution in [0.15, 0.2) is 77.8 Å². The SMILES string of the molecule is COc1ccc(S(=O)(=O)Nc2ccc(-c3ccccc3)cn2)cc1. The molecule has 3 rings (SSSR count). The van der Waals surface area contributed by atoms with Gasteiger partial charge in [-0.05, 0) is 42.0 Å². The van der Waals surface area contributed by atoms with Crippen molar-refractivity contribution in [2.75, 3.05) is 11.8 Å². The van der Waals surface area contributed by atoms with E-state index in [1.807, 2.05) is 36.4 Å². The maximum Gasteiger partial charge on any atom is 0.263 e. The van der Waals surface area contributed by atoms with E-state index in [0.29, 0.717) is 5.75 Å². The number of aromatic nitrogens is 1. The second-order valence-electron chi connectivity index (χ2n) is 5.08. The summed E-state index contributed by atoms with van der Waals surface area (Å²) in [6.45, 7) is 0. The Morgan fingerprint density at radius 1 is 0.875 bits per heavy atom. The molecule has 24 heavy (non-hydrogen) atoms. The lowest BCUT2D eigenvalue weighted by atomic mass is 10.1. The number of ether oxygens (including phenoxy) is 1. The van der Waals surface area contributed by atoms with Gasteiger partial charge in [-0.3, -0.25) is 4.72 Å². The van der Waals surface area contributed by atoms with Crippen molar-refractivity contribution in [2.45, 2.75) is 4.90 Å². The molecular formula is C18H16N2O3S. The molecule has 122 valence electrons. The molecule has 0 atom stereocenters. The van der Waals surface area contributed by atoms with Crippen LogP contribution in [0.25, 0.3) is 11.1 Å². The second kappa shape index (κ2) is 6.72. The van der Waals surface area contributed by atoms with Crippen molar-refractivity contribution in [1.29, 1.82) is 0 Å². The van der Waals surface area contributed by atoms with Crippen LogP contribution in [0.4, 0.5) is 5.82 Å². The first-order valence-corrected chi connectivity index (χ1v) is 8.75. The molecule has 0 fully saturated rings. The summed E-state index contributed by atoms with van der Waals surface area (Å²) < 4.78 is 32.2. The fourth-order valence-corrected chi connectivity index (χ4v) is 3.22. The molecule has 0 aliphatic heterocycles. The lowest BCUT2D eigenvalue weighted by Gasteiger charge is -2.09. The predicted octanol–water partition coefficient (Wildman–Crippen LogP) is 3.56. The highest BCUT2D eigenvalue weighted by atomic mass is 32.2. The van der Waals surface area contributed by atoms with Crippen molar-refractivity contribution in [1.82, 2.24) is 4.98 Å². The Morgan fingerprint density at radius 3 is 2.17 bits per heavy atom. The molecule has 2 aromatic carbocycles. The standard InChI is InChI=1S/C18H16N2O3S/c1-23-16-8-10-17(11-9-16)24(21,22)20-18-12-7-15(13-19-18)14-5-3-2-4-6-14/h2-13H,1H3,(H,19,20). The van der Waals surface area contributed by atoms with Gasteiger partial charge in [-0.1, -0.05) is 30.3 Å². The first-order valence-electron chi connectivity index (χ1n) is 7.27. The topological polar surface area (TPSA) is 68.3 Å². The molecular weight excluding hydrogens is 324 g/mol. The Labute approximate surface area is 141 Å². The predicted molar refractivity (Wildman–Crippen MR) is 93.5 cm³/mol. The van der Waals surface area contributed by atoms with Gasteiger partial charge in [0, 0.05) is 11.8 Å². The highest BCUT2D eigenvalue weighted by molar-refractivity contribution is 7.92. The van der Waals surface area contributed by atoms with Crippen molar-refractivity contribution in [3.05, 3.63) is 72.9 Å². The summed E-state index contributed by atoms with van der Waals surface area (Å²) in [4.78, 5) is 4.33. The maximum absolute atomic E-state index is 12.4. The number of methoxy groups -OCH3 is 1. The van der Waals surface area contributed by atoms with Gasteiger partial charge in [0.1, 0.15) is 11.6 Å². The number of hydrogen-bond donors (Lipinski definition) is 1. The molecule has 0 aliphatic carbocycles. The number of rotatable bonds is 5. The van der Waals surface area contributed by atoms with Crippen LogP contribution < -0.4 is 9.46 Å². The van der Waals surface area contributed by atoms with Crippen molar-refractivity contribution >= 4 is 15.8 Å². The normalized spacial score (nSPS) is 11.0. The number of hydrogen-bond acceptors (Lipinski definition) is 4. The average molecular weight is 340 g/mol. The molecule has 0 bridgehead atoms. The van der Waals surface area contributed by atoms with Crippen molar-refractivity contribution in [3.8, 4) is 16.9 Å². The smallest absolute Gasteiger partial charge is 0.263 e. The molecule has 0 radical (unpaired) electrons. The number of sulfonamides is 1. The number of anilines is 1. The Bertz CT molecular complexity index is 907. The van der Waals surface area contributed by atoms with Gasteiger partial charge in [-0.15, -0.1) is 0 Å². The monoisotopic (exact) mass is 340 g/mol. The molecule has 5 nitrogen and oxygen atoms in total. The van der Waals surface area contributed by atoms with E-state index in [1.165, 1.54) is 19.2 Å². The quantitative estimate of drug-likeness (QED) is 0.771. The van der Waals surface area contributed by atoms with Gasteiger partial charge in [-0.25, -0.2) is 13.4 Å². The van der Waals surface area contributed by atoms with E-state index in [-0.39, 0.29) is 10.7 Å². The molecule has 0 saturated heterocycles. The fourth-order valence-electron chi connectivity index (χ4n) is 2.21. The van der Waals surface area contributed by atoms with E-state index in [4.69, 9.17) is 4.74 Å². The summed E-state index contributed by atoms with van der Waals surface area (Å²) in [6.07, 6.45) is 1.64. The number of pyridine rings is 1. The Kier molecular flexibility index (Phi) is 4.48. The van der Waals surface area contributed by atoms with Crippen molar-refractivity contribution in [2.24, 2.45) is 0 Å². The average Bonchev–Trinajstić information content (AvgIpc) is 2.63. The Balaban J connectivity index is 1.79. The molecule has 0 spiro atoms. The lowest BCUT2D eigenvalue weighted by molar-refractivity contribution is 0.414. The highest BCUT2D eigenvalue weighted by Crippen LogP contribution is 2.21. The van der Waals surface area contributed by atoms with Gasteiger partial charge < -0.3 is 4.74 Å². The third-order valence-corrected chi connectivity index (χ3v) is 4.85. The van der Waals surface area contributed by atoms with E-state index < -0.39 is 10.0 Å². The van der Waals surface area contributed by atoms with Gasteiger partial charge in [0.15, 0.2) is 0 Å². The van der Waals surface area contributed by atoms with Crippen LogP contribution in [0.3, 0.4) is 0 Å². The Hall–Kier alpha value is -2.86. The van der Waals surface area contributed by atoms with Crippen LogP contribution in [0.2, 0.25) is 0 Å². The summed E-state index contributed by atoms with van der Waals surface area (Å²) in [5.41, 5.74) is 1.94. The van der Waals surface area contributed by atoms with Crippen LogP contribution in [0, 0.1) is 0 Å². The molecule has 1 aromatic heterocycles. The lowest BCUT2D eigenvalue weighted by Crippen LogP contribution is -2.13. The zero-order chi connectivity index (χ0) is 17.0. The van der Waals surface area contributed by atoms with Crippen molar-refractivity contribution < 1.29 is 13.2 Å². The van der Waals surface area contributed by atoms with E-state index in [9.17, 15) is 8.42 Å². The van der Waals surface area contributed by atoms with Crippen LogP contribution in [0.5, 0.6) is 5.75 Å². The summed E-state index contributed by atoms with van der Waals surface area (Å²) in [6, 6.07) is 19.4. The molecule has 1 heterocycles. The number of nitrogens with zero attached hydrogens (tertiary/aromatic N) is 1. The molecule has 0 unspecified atom stereocenters.